The van der Waals surface area contributed by atoms with Gasteiger partial charge in [0.25, 0.3) is 0 Å². The Morgan fingerprint density at radius 2 is 2.17 bits per heavy atom. The Kier molecular flexibility index (Phi) is 2.95. The van der Waals surface area contributed by atoms with E-state index in [1.54, 1.807) is 0 Å². The summed E-state index contributed by atoms with van der Waals surface area (Å²) in [5.74, 6) is -0.00775. The van der Waals surface area contributed by atoms with Crippen LogP contribution in [0.15, 0.2) is 0 Å². The quantitative estimate of drug-likeness (QED) is 0.665. The highest BCUT2D eigenvalue weighted by atomic mass is 19.4. The minimum absolute atomic E-state index is 0.00775. The predicted octanol–water partition coefficient (Wildman–Crippen LogP) is 0.876. The summed E-state index contributed by atoms with van der Waals surface area (Å²) in [6.45, 7) is 1.41. The van der Waals surface area contributed by atoms with E-state index in [1.807, 2.05) is 0 Å². The normalized spacial score (nSPS) is 27.5. The molecule has 2 atom stereocenters. The maximum absolute atomic E-state index is 11.9. The molecule has 0 spiro atoms. The lowest BCUT2D eigenvalue weighted by Gasteiger charge is -2.19. The lowest BCUT2D eigenvalue weighted by atomic mass is 9.97. The summed E-state index contributed by atoms with van der Waals surface area (Å²) in [7, 11) is 0. The molecule has 0 aliphatic carbocycles. The Hall–Kier alpha value is -0.290. The van der Waals surface area contributed by atoms with Crippen LogP contribution >= 0.6 is 0 Å². The molecule has 1 rings (SSSR count). The van der Waals surface area contributed by atoms with Gasteiger partial charge in [-0.1, -0.05) is 0 Å². The van der Waals surface area contributed by atoms with E-state index in [4.69, 9.17) is 5.73 Å². The Morgan fingerprint density at radius 1 is 1.50 bits per heavy atom. The molecule has 0 aromatic rings. The smallest absolute Gasteiger partial charge is 0.327 e. The molecule has 1 heterocycles. The molecule has 0 bridgehead atoms. The van der Waals surface area contributed by atoms with Crippen LogP contribution in [0.1, 0.15) is 12.8 Å². The summed E-state index contributed by atoms with van der Waals surface area (Å²) in [5, 5.41) is 2.99. The first kappa shape index (κ1) is 9.80. The summed E-state index contributed by atoms with van der Waals surface area (Å²) in [6, 6.07) is -0.736. The Balaban J connectivity index is 2.31. The van der Waals surface area contributed by atoms with Gasteiger partial charge in [0.2, 0.25) is 0 Å². The third-order valence-electron chi connectivity index (χ3n) is 2.17. The van der Waals surface area contributed by atoms with Crippen molar-refractivity contribution < 1.29 is 13.2 Å². The van der Waals surface area contributed by atoms with E-state index in [1.165, 1.54) is 0 Å². The number of nitrogens with one attached hydrogen (secondary N) is 1. The number of rotatable bonds is 2. The molecular weight excluding hydrogens is 169 g/mol. The molecule has 1 aliphatic rings. The lowest BCUT2D eigenvalue weighted by Crippen LogP contribution is -2.35. The standard InChI is InChI=1S/C7H13F3N2/c8-7(9,10)3-6(11)5-1-2-12-4-5/h5-6,12H,1-4,11H2. The van der Waals surface area contributed by atoms with Crippen LogP contribution in [-0.2, 0) is 0 Å². The SMILES string of the molecule is NC(CC(F)(F)F)C1CCNC1. The number of hydrogen-bond donors (Lipinski definition) is 2. The highest BCUT2D eigenvalue weighted by Crippen LogP contribution is 2.25. The number of alkyl halides is 3. The molecule has 2 unspecified atom stereocenters. The molecule has 0 aromatic heterocycles. The van der Waals surface area contributed by atoms with Crippen LogP contribution < -0.4 is 11.1 Å². The maximum atomic E-state index is 11.9. The molecule has 3 N–H and O–H groups in total. The van der Waals surface area contributed by atoms with Gasteiger partial charge in [0.1, 0.15) is 0 Å². The Morgan fingerprint density at radius 3 is 2.58 bits per heavy atom. The molecule has 72 valence electrons. The highest BCUT2D eigenvalue weighted by molar-refractivity contribution is 4.82. The van der Waals surface area contributed by atoms with Gasteiger partial charge in [-0.25, -0.2) is 0 Å². The second kappa shape index (κ2) is 3.62. The van der Waals surface area contributed by atoms with Crippen LogP contribution in [0.25, 0.3) is 0 Å². The average molecular weight is 182 g/mol. The van der Waals surface area contributed by atoms with Crippen molar-refractivity contribution >= 4 is 0 Å². The van der Waals surface area contributed by atoms with E-state index in [0.717, 1.165) is 13.0 Å². The van der Waals surface area contributed by atoms with Crippen molar-refractivity contribution in [3.05, 3.63) is 0 Å². The highest BCUT2D eigenvalue weighted by Gasteiger charge is 2.34. The minimum atomic E-state index is -4.12. The van der Waals surface area contributed by atoms with E-state index in [-0.39, 0.29) is 5.92 Å². The monoisotopic (exact) mass is 182 g/mol. The fraction of sp³-hybridized carbons (Fsp3) is 1.00. The summed E-state index contributed by atoms with van der Waals surface area (Å²) in [6.07, 6.45) is -4.22. The van der Waals surface area contributed by atoms with Gasteiger partial charge in [-0.05, 0) is 25.4 Å². The molecule has 0 amide bonds. The lowest BCUT2D eigenvalue weighted by molar-refractivity contribution is -0.140. The van der Waals surface area contributed by atoms with Crippen molar-refractivity contribution in [1.82, 2.24) is 5.32 Å². The van der Waals surface area contributed by atoms with Crippen LogP contribution in [-0.4, -0.2) is 25.3 Å². The molecule has 0 saturated carbocycles. The number of nitrogens with two attached hydrogens (primary N) is 1. The third kappa shape index (κ3) is 2.98. The second-order valence-corrected chi connectivity index (χ2v) is 3.24. The van der Waals surface area contributed by atoms with Gasteiger partial charge < -0.3 is 11.1 Å². The molecule has 2 nitrogen and oxygen atoms in total. The van der Waals surface area contributed by atoms with Gasteiger partial charge >= 0.3 is 6.18 Å². The Bertz CT molecular complexity index is 140. The van der Waals surface area contributed by atoms with Crippen molar-refractivity contribution in [3.63, 3.8) is 0 Å². The summed E-state index contributed by atoms with van der Waals surface area (Å²) in [4.78, 5) is 0. The third-order valence-corrected chi connectivity index (χ3v) is 2.17. The van der Waals surface area contributed by atoms with Crippen LogP contribution in [0.4, 0.5) is 13.2 Å². The largest absolute Gasteiger partial charge is 0.390 e. The van der Waals surface area contributed by atoms with Crippen molar-refractivity contribution in [2.45, 2.75) is 25.1 Å². The molecule has 0 radical (unpaired) electrons. The zero-order valence-electron chi connectivity index (χ0n) is 6.69. The van der Waals surface area contributed by atoms with Crippen molar-refractivity contribution in [2.24, 2.45) is 11.7 Å². The summed E-state index contributed by atoms with van der Waals surface area (Å²) < 4.78 is 35.6. The van der Waals surface area contributed by atoms with E-state index in [2.05, 4.69) is 5.32 Å². The van der Waals surface area contributed by atoms with Gasteiger partial charge in [-0.3, -0.25) is 0 Å². The van der Waals surface area contributed by atoms with Gasteiger partial charge in [0, 0.05) is 6.04 Å². The van der Waals surface area contributed by atoms with Gasteiger partial charge in [0.05, 0.1) is 6.42 Å². The molecule has 5 heteroatoms. The van der Waals surface area contributed by atoms with Gasteiger partial charge in [0.15, 0.2) is 0 Å². The first-order valence-corrected chi connectivity index (χ1v) is 4.02. The number of halogens is 3. The zero-order valence-corrected chi connectivity index (χ0v) is 6.69. The van der Waals surface area contributed by atoms with Crippen LogP contribution in [0.2, 0.25) is 0 Å². The first-order chi connectivity index (χ1) is 5.49. The van der Waals surface area contributed by atoms with Crippen molar-refractivity contribution in [3.8, 4) is 0 Å². The first-order valence-electron chi connectivity index (χ1n) is 4.02. The molecule has 1 saturated heterocycles. The summed E-state index contributed by atoms with van der Waals surface area (Å²) in [5.41, 5.74) is 5.41. The average Bonchev–Trinajstić information content (AvgIpc) is 2.32. The van der Waals surface area contributed by atoms with Crippen LogP contribution in [0.3, 0.4) is 0 Å². The molecule has 12 heavy (non-hydrogen) atoms. The van der Waals surface area contributed by atoms with Crippen molar-refractivity contribution in [2.75, 3.05) is 13.1 Å². The van der Waals surface area contributed by atoms with Crippen LogP contribution in [0.5, 0.6) is 0 Å². The minimum Gasteiger partial charge on any atom is -0.327 e. The van der Waals surface area contributed by atoms with Gasteiger partial charge in [-0.15, -0.1) is 0 Å². The molecular formula is C7H13F3N2. The predicted molar refractivity (Wildman–Crippen MR) is 39.6 cm³/mol. The van der Waals surface area contributed by atoms with Crippen molar-refractivity contribution in [1.29, 1.82) is 0 Å². The Labute approximate surface area is 69.3 Å². The fourth-order valence-corrected chi connectivity index (χ4v) is 1.48. The van der Waals surface area contributed by atoms with E-state index < -0.39 is 18.6 Å². The van der Waals surface area contributed by atoms with E-state index in [9.17, 15) is 13.2 Å². The molecule has 0 aromatic carbocycles. The topological polar surface area (TPSA) is 38.0 Å². The summed E-state index contributed by atoms with van der Waals surface area (Å²) >= 11 is 0. The molecule has 1 fully saturated rings. The maximum Gasteiger partial charge on any atom is 0.390 e. The van der Waals surface area contributed by atoms with E-state index >= 15 is 0 Å². The second-order valence-electron chi connectivity index (χ2n) is 3.24. The van der Waals surface area contributed by atoms with Crippen LogP contribution in [0, 0.1) is 5.92 Å². The van der Waals surface area contributed by atoms with Gasteiger partial charge in [-0.2, -0.15) is 13.2 Å². The van der Waals surface area contributed by atoms with E-state index in [0.29, 0.717) is 6.54 Å². The zero-order chi connectivity index (χ0) is 9.19. The number of hydrogen-bond acceptors (Lipinski definition) is 2. The fourth-order valence-electron chi connectivity index (χ4n) is 1.48. The molecule has 1 aliphatic heterocycles.